The lowest BCUT2D eigenvalue weighted by Crippen LogP contribution is -2.26. The smallest absolute Gasteiger partial charge is 0.264 e. The number of hydrogen-bond donors (Lipinski definition) is 1. The molecule has 0 bridgehead atoms. The Hall–Kier alpha value is -3.75. The van der Waals surface area contributed by atoms with Gasteiger partial charge in [0.05, 0.1) is 22.8 Å². The van der Waals surface area contributed by atoms with Gasteiger partial charge in [0.1, 0.15) is 12.6 Å². The summed E-state index contributed by atoms with van der Waals surface area (Å²) in [7, 11) is 0. The van der Waals surface area contributed by atoms with E-state index < -0.39 is 0 Å². The quantitative estimate of drug-likeness (QED) is 0.335. The zero-order chi connectivity index (χ0) is 24.6. The second kappa shape index (κ2) is 9.37. The van der Waals surface area contributed by atoms with E-state index in [1.807, 2.05) is 60.0 Å². The highest BCUT2D eigenvalue weighted by Crippen LogP contribution is 2.30. The topological polar surface area (TPSA) is 86.9 Å². The van der Waals surface area contributed by atoms with Crippen molar-refractivity contribution in [1.82, 2.24) is 24.1 Å². The highest BCUT2D eigenvalue weighted by molar-refractivity contribution is 6.35. The molecule has 1 N–H and O–H groups in total. The lowest BCUT2D eigenvalue weighted by Gasteiger charge is -2.24. The summed E-state index contributed by atoms with van der Waals surface area (Å²) in [6.07, 6.45) is 6.34. The molecule has 1 aliphatic heterocycles. The number of para-hydroxylation sites is 1. The fourth-order valence-electron chi connectivity index (χ4n) is 4.89. The number of imidazole rings is 1. The van der Waals surface area contributed by atoms with Crippen LogP contribution in [-0.4, -0.2) is 30.7 Å². The highest BCUT2D eigenvalue weighted by Gasteiger charge is 2.22. The molecule has 36 heavy (non-hydrogen) atoms. The van der Waals surface area contributed by atoms with Crippen molar-refractivity contribution in [3.8, 4) is 5.69 Å². The molecule has 8 nitrogen and oxygen atoms in total. The Balaban J connectivity index is 1.44. The van der Waals surface area contributed by atoms with Crippen LogP contribution in [0, 0.1) is 0 Å². The zero-order valence-electron chi connectivity index (χ0n) is 19.8. The normalized spacial score (nSPS) is 16.9. The molecule has 1 unspecified atom stereocenters. The van der Waals surface area contributed by atoms with Gasteiger partial charge in [0.25, 0.3) is 5.56 Å². The Morgan fingerprint density at radius 3 is 2.75 bits per heavy atom. The molecule has 3 aromatic heterocycles. The highest BCUT2D eigenvalue weighted by atomic mass is 35.5. The number of nitrogens with zero attached hydrogens (tertiary/aromatic N) is 5. The van der Waals surface area contributed by atoms with Crippen LogP contribution >= 0.6 is 11.6 Å². The molecule has 6 rings (SSSR count). The van der Waals surface area contributed by atoms with E-state index in [0.717, 1.165) is 48.3 Å². The van der Waals surface area contributed by atoms with Gasteiger partial charge in [-0.05, 0) is 55.8 Å². The molecule has 9 heteroatoms. The second-order valence-corrected chi connectivity index (χ2v) is 9.39. The molecule has 1 aliphatic rings. The van der Waals surface area contributed by atoms with E-state index in [-0.39, 0.29) is 17.8 Å². The van der Waals surface area contributed by atoms with Crippen LogP contribution in [0.4, 0.5) is 5.82 Å². The third kappa shape index (κ3) is 3.92. The SMILES string of the molecule is CC(Nc1ncnc2c1ncn2[C@@H]1CCCCO1)c1cc2cccc(Cl)c2c(=O)n1-c1ccccc1. The van der Waals surface area contributed by atoms with Crippen molar-refractivity contribution in [2.75, 3.05) is 11.9 Å². The number of halogens is 1. The first-order valence-corrected chi connectivity index (χ1v) is 12.4. The van der Waals surface area contributed by atoms with Crippen molar-refractivity contribution in [1.29, 1.82) is 0 Å². The van der Waals surface area contributed by atoms with E-state index in [1.54, 1.807) is 17.0 Å². The molecule has 2 atom stereocenters. The maximum absolute atomic E-state index is 13.7. The van der Waals surface area contributed by atoms with E-state index >= 15 is 0 Å². The number of ether oxygens (including phenoxy) is 1. The number of benzene rings is 2. The first kappa shape index (κ1) is 22.7. The molecule has 0 radical (unpaired) electrons. The minimum Gasteiger partial charge on any atom is -0.360 e. The Kier molecular flexibility index (Phi) is 5.91. The molecule has 4 heterocycles. The maximum atomic E-state index is 13.7. The van der Waals surface area contributed by atoms with Gasteiger partial charge in [-0.2, -0.15) is 0 Å². The van der Waals surface area contributed by atoms with Gasteiger partial charge in [-0.15, -0.1) is 0 Å². The largest absolute Gasteiger partial charge is 0.360 e. The van der Waals surface area contributed by atoms with Crippen molar-refractivity contribution < 1.29 is 4.74 Å². The molecular formula is C27H25ClN6O2. The first-order valence-electron chi connectivity index (χ1n) is 12.1. The fourth-order valence-corrected chi connectivity index (χ4v) is 5.15. The molecule has 1 saturated heterocycles. The van der Waals surface area contributed by atoms with E-state index in [1.165, 1.54) is 6.33 Å². The Morgan fingerprint density at radius 2 is 1.94 bits per heavy atom. The Morgan fingerprint density at radius 1 is 1.08 bits per heavy atom. The van der Waals surface area contributed by atoms with Crippen molar-refractivity contribution in [2.45, 2.75) is 38.5 Å². The fraction of sp³-hybridized carbons (Fsp3) is 0.259. The standard InChI is InChI=1S/C27H25ClN6O2/c1-17(32-25-24-26(30-15-29-25)33(16-31-24)22-12-5-6-13-36-22)21-14-18-8-7-11-20(28)23(18)27(35)34(21)19-9-3-2-4-10-19/h2-4,7-11,14-17,22H,5-6,12-13H2,1H3,(H,29,30,32)/t17?,22-/m0/s1. The van der Waals surface area contributed by atoms with E-state index in [9.17, 15) is 4.79 Å². The van der Waals surface area contributed by atoms with Gasteiger partial charge < -0.3 is 10.1 Å². The first-order chi connectivity index (χ1) is 17.6. The van der Waals surface area contributed by atoms with Crippen LogP contribution in [0.3, 0.4) is 0 Å². The van der Waals surface area contributed by atoms with Crippen molar-refractivity contribution in [2.24, 2.45) is 0 Å². The number of aromatic nitrogens is 5. The summed E-state index contributed by atoms with van der Waals surface area (Å²) in [6.45, 7) is 2.74. The molecule has 182 valence electrons. The number of nitrogens with one attached hydrogen (secondary N) is 1. The second-order valence-electron chi connectivity index (χ2n) is 8.98. The minimum absolute atomic E-state index is 0.0718. The van der Waals surface area contributed by atoms with E-state index in [4.69, 9.17) is 16.3 Å². The predicted molar refractivity (Wildman–Crippen MR) is 141 cm³/mol. The van der Waals surface area contributed by atoms with E-state index in [2.05, 4.69) is 20.3 Å². The van der Waals surface area contributed by atoms with Crippen LogP contribution in [0.1, 0.15) is 44.1 Å². The van der Waals surface area contributed by atoms with Gasteiger partial charge >= 0.3 is 0 Å². The van der Waals surface area contributed by atoms with Crippen LogP contribution in [-0.2, 0) is 4.74 Å². The van der Waals surface area contributed by atoms with Gasteiger partial charge in [-0.3, -0.25) is 13.9 Å². The van der Waals surface area contributed by atoms with Gasteiger partial charge in [-0.1, -0.05) is 41.9 Å². The monoisotopic (exact) mass is 500 g/mol. The van der Waals surface area contributed by atoms with Crippen molar-refractivity contribution in [3.05, 3.63) is 88.3 Å². The van der Waals surface area contributed by atoms with Crippen molar-refractivity contribution >= 4 is 39.4 Å². The summed E-state index contributed by atoms with van der Waals surface area (Å²) in [6, 6.07) is 16.8. The average Bonchev–Trinajstić information content (AvgIpc) is 3.35. The number of pyridine rings is 1. The molecule has 0 aliphatic carbocycles. The van der Waals surface area contributed by atoms with Gasteiger partial charge in [-0.25, -0.2) is 15.0 Å². The lowest BCUT2D eigenvalue weighted by atomic mass is 10.1. The number of rotatable bonds is 5. The van der Waals surface area contributed by atoms with Crippen LogP contribution in [0.25, 0.3) is 27.6 Å². The number of hydrogen-bond acceptors (Lipinski definition) is 6. The van der Waals surface area contributed by atoms with Gasteiger partial charge in [0, 0.05) is 18.0 Å². The summed E-state index contributed by atoms with van der Waals surface area (Å²) in [4.78, 5) is 27.3. The van der Waals surface area contributed by atoms with Crippen molar-refractivity contribution in [3.63, 3.8) is 0 Å². The average molecular weight is 501 g/mol. The van der Waals surface area contributed by atoms with Crippen LogP contribution in [0.5, 0.6) is 0 Å². The third-order valence-corrected chi connectivity index (χ3v) is 6.98. The van der Waals surface area contributed by atoms with Crippen LogP contribution < -0.4 is 10.9 Å². The minimum atomic E-state index is -0.282. The van der Waals surface area contributed by atoms with Gasteiger partial charge in [0.2, 0.25) is 0 Å². The molecule has 1 fully saturated rings. The molecule has 0 saturated carbocycles. The van der Waals surface area contributed by atoms with E-state index in [0.29, 0.717) is 21.7 Å². The molecule has 2 aromatic carbocycles. The lowest BCUT2D eigenvalue weighted by molar-refractivity contribution is -0.0298. The Bertz CT molecular complexity index is 1610. The maximum Gasteiger partial charge on any atom is 0.264 e. The molecule has 0 spiro atoms. The summed E-state index contributed by atoms with van der Waals surface area (Å²) in [5, 5.41) is 5.19. The summed E-state index contributed by atoms with van der Waals surface area (Å²) < 4.78 is 9.63. The van der Waals surface area contributed by atoms with Crippen LogP contribution in [0.15, 0.2) is 72.0 Å². The third-order valence-electron chi connectivity index (χ3n) is 6.66. The molecular weight excluding hydrogens is 476 g/mol. The van der Waals surface area contributed by atoms with Crippen LogP contribution in [0.2, 0.25) is 5.02 Å². The number of anilines is 1. The number of fused-ring (bicyclic) bond motifs is 2. The molecule has 0 amide bonds. The Labute approximate surface area is 212 Å². The summed E-state index contributed by atoms with van der Waals surface area (Å²) >= 11 is 6.45. The summed E-state index contributed by atoms with van der Waals surface area (Å²) in [5.41, 5.74) is 2.76. The summed E-state index contributed by atoms with van der Waals surface area (Å²) in [5.74, 6) is 0.598. The van der Waals surface area contributed by atoms with Gasteiger partial charge in [0.15, 0.2) is 17.0 Å². The predicted octanol–water partition coefficient (Wildman–Crippen LogP) is 5.66. The molecule has 5 aromatic rings. The zero-order valence-corrected chi connectivity index (χ0v) is 20.5.